The Morgan fingerprint density at radius 3 is 2.27 bits per heavy atom. The van der Waals surface area contributed by atoms with Gasteiger partial charge >= 0.3 is 12.2 Å². The van der Waals surface area contributed by atoms with Gasteiger partial charge in [0.25, 0.3) is 0 Å². The lowest BCUT2D eigenvalue weighted by molar-refractivity contribution is -0.552. The average Bonchev–Trinajstić information content (AvgIpc) is 2.17. The molecule has 0 saturated heterocycles. The quantitative estimate of drug-likeness (QED) is 0.355. The summed E-state index contributed by atoms with van der Waals surface area (Å²) in [4.78, 5) is 19.7. The van der Waals surface area contributed by atoms with Gasteiger partial charge in [-0.05, 0) is 0 Å². The summed E-state index contributed by atoms with van der Waals surface area (Å²) < 4.78 is 4.17. The number of carbonyl (C=O) groups excluding carboxylic acids is 1. The van der Waals surface area contributed by atoms with Crippen molar-refractivity contribution in [3.63, 3.8) is 0 Å². The molecular weight excluding hydrogens is 197 g/mol. The number of hydrogen-bond donors (Lipinski definition) is 0. The van der Waals surface area contributed by atoms with Gasteiger partial charge in [0.05, 0.1) is 4.92 Å². The second-order valence-corrected chi connectivity index (χ2v) is 2.49. The largest absolute Gasteiger partial charge is 0.395 e. The van der Waals surface area contributed by atoms with Crippen molar-refractivity contribution in [2.24, 2.45) is 0 Å². The smallest absolute Gasteiger partial charge is 0.389 e. The summed E-state index contributed by atoms with van der Waals surface area (Å²) in [5, 5.41) is 9.26. The molecule has 5 nitrogen and oxygen atoms in total. The zero-order valence-corrected chi connectivity index (χ0v) is 6.43. The van der Waals surface area contributed by atoms with Crippen molar-refractivity contribution in [3.05, 3.63) is 20.2 Å². The maximum absolute atomic E-state index is 10.5. The second-order valence-electron chi connectivity index (χ2n) is 1.70. The number of hydrogen-bond acceptors (Lipinski definition) is 4. The Morgan fingerprint density at radius 2 is 2.09 bits per heavy atom. The van der Waals surface area contributed by atoms with Crippen LogP contribution in [0.25, 0.3) is 0 Å². The summed E-state index contributed by atoms with van der Waals surface area (Å²) in [5.41, 5.74) is 0. The Labute approximate surface area is 70.7 Å². The molecule has 0 spiro atoms. The van der Waals surface area contributed by atoms with Crippen LogP contribution in [-0.4, -0.2) is 17.1 Å². The average molecular weight is 198 g/mol. The van der Waals surface area contributed by atoms with E-state index in [9.17, 15) is 14.9 Å². The number of cyclic esters (lactones) is 1. The third kappa shape index (κ3) is 1.29. The first-order valence-electron chi connectivity index (χ1n) is 2.43. The first-order valence-corrected chi connectivity index (χ1v) is 3.19. The molecule has 1 rings (SSSR count). The van der Waals surface area contributed by atoms with Gasteiger partial charge in [0.2, 0.25) is 0 Å². The fraction of sp³-hybridized carbons (Fsp3) is 0.250. The molecule has 0 amide bonds. The van der Waals surface area contributed by atoms with E-state index < -0.39 is 22.2 Å². The van der Waals surface area contributed by atoms with Crippen LogP contribution in [0.2, 0.25) is 0 Å². The number of esters is 1. The van der Waals surface area contributed by atoms with Gasteiger partial charge in [-0.2, -0.15) is 0 Å². The van der Waals surface area contributed by atoms with Gasteiger partial charge in [0.15, 0.2) is 10.1 Å². The molecular formula is C4HCl2NO4. The Hall–Kier alpha value is -0.810. The van der Waals surface area contributed by atoms with Gasteiger partial charge < -0.3 is 4.74 Å². The number of carbonyl (C=O) groups is 1. The molecule has 0 aromatic heterocycles. The van der Waals surface area contributed by atoms with Crippen LogP contribution in [0, 0.1) is 10.1 Å². The molecule has 0 fully saturated rings. The molecule has 0 radical (unpaired) electrons. The molecule has 7 heteroatoms. The lowest BCUT2D eigenvalue weighted by Gasteiger charge is -1.98. The maximum Gasteiger partial charge on any atom is 0.395 e. The molecule has 1 atom stereocenters. The molecule has 1 heterocycles. The third-order valence-corrected chi connectivity index (χ3v) is 1.85. The van der Waals surface area contributed by atoms with Crippen molar-refractivity contribution in [1.82, 2.24) is 0 Å². The Kier molecular flexibility index (Phi) is 2.01. The van der Waals surface area contributed by atoms with E-state index in [2.05, 4.69) is 4.74 Å². The number of halogens is 2. The van der Waals surface area contributed by atoms with Crippen LogP contribution in [0.15, 0.2) is 10.1 Å². The second kappa shape index (κ2) is 2.67. The summed E-state index contributed by atoms with van der Waals surface area (Å²) in [6.07, 6.45) is -1.63. The van der Waals surface area contributed by atoms with Crippen LogP contribution in [0.3, 0.4) is 0 Å². The Morgan fingerprint density at radius 1 is 1.55 bits per heavy atom. The Balaban J connectivity index is 2.95. The zero-order chi connectivity index (χ0) is 8.59. The van der Waals surface area contributed by atoms with Crippen LogP contribution in [0.4, 0.5) is 0 Å². The topological polar surface area (TPSA) is 69.4 Å². The molecule has 0 aromatic carbocycles. The standard InChI is InChI=1S/C4HCl2NO4/c5-1-2(6)4(8)11-3(1)7(9)10/h3H/t3-/m0/s1. The zero-order valence-electron chi connectivity index (χ0n) is 4.91. The van der Waals surface area contributed by atoms with Gasteiger partial charge in [-0.3, -0.25) is 10.1 Å². The van der Waals surface area contributed by atoms with Gasteiger partial charge in [0, 0.05) is 0 Å². The predicted octanol–water partition coefficient (Wildman–Crippen LogP) is 0.835. The molecule has 0 N–H and O–H groups in total. The number of nitro groups is 1. The SMILES string of the molecule is O=C1O[C@H]([N+](=O)[O-])C(Cl)=C1Cl. The van der Waals surface area contributed by atoms with Crippen LogP contribution < -0.4 is 0 Å². The van der Waals surface area contributed by atoms with Gasteiger partial charge in [-0.1, -0.05) is 23.2 Å². The van der Waals surface area contributed by atoms with Crippen molar-refractivity contribution >= 4 is 29.2 Å². The maximum atomic E-state index is 10.5. The minimum atomic E-state index is -1.63. The highest BCUT2D eigenvalue weighted by molar-refractivity contribution is 6.48. The number of nitrogens with zero attached hydrogens (tertiary/aromatic N) is 1. The third-order valence-electron chi connectivity index (χ3n) is 1.02. The summed E-state index contributed by atoms with van der Waals surface area (Å²) >= 11 is 10.5. The van der Waals surface area contributed by atoms with Crippen molar-refractivity contribution in [2.75, 3.05) is 0 Å². The normalized spacial score (nSPS) is 23.8. The molecule has 11 heavy (non-hydrogen) atoms. The van der Waals surface area contributed by atoms with Gasteiger partial charge in [-0.15, -0.1) is 0 Å². The van der Waals surface area contributed by atoms with Gasteiger partial charge in [-0.25, -0.2) is 4.79 Å². The summed E-state index contributed by atoms with van der Waals surface area (Å²) in [5.74, 6) is -0.960. The van der Waals surface area contributed by atoms with Crippen LogP contribution in [-0.2, 0) is 9.53 Å². The van der Waals surface area contributed by atoms with Crippen LogP contribution >= 0.6 is 23.2 Å². The monoisotopic (exact) mass is 197 g/mol. The molecule has 0 unspecified atom stereocenters. The summed E-state index contributed by atoms with van der Waals surface area (Å²) in [7, 11) is 0. The van der Waals surface area contributed by atoms with E-state index in [0.29, 0.717) is 0 Å². The van der Waals surface area contributed by atoms with E-state index >= 15 is 0 Å². The highest BCUT2D eigenvalue weighted by Crippen LogP contribution is 2.28. The molecule has 0 saturated carbocycles. The Bertz CT molecular complexity index is 261. The van der Waals surface area contributed by atoms with E-state index in [4.69, 9.17) is 23.2 Å². The first-order chi connectivity index (χ1) is 5.04. The van der Waals surface area contributed by atoms with Crippen LogP contribution in [0.1, 0.15) is 0 Å². The fourth-order valence-corrected chi connectivity index (χ4v) is 0.886. The number of rotatable bonds is 1. The lowest BCUT2D eigenvalue weighted by atomic mass is 10.5. The van der Waals surface area contributed by atoms with E-state index in [1.54, 1.807) is 0 Å². The highest BCUT2D eigenvalue weighted by atomic mass is 35.5. The first kappa shape index (κ1) is 8.29. The van der Waals surface area contributed by atoms with Crippen molar-refractivity contribution < 1.29 is 14.5 Å². The number of ether oxygens (including phenoxy) is 1. The lowest BCUT2D eigenvalue weighted by Crippen LogP contribution is -2.20. The summed E-state index contributed by atoms with van der Waals surface area (Å²) in [6.45, 7) is 0. The summed E-state index contributed by atoms with van der Waals surface area (Å²) in [6, 6.07) is 0. The minimum absolute atomic E-state index is 0.373. The van der Waals surface area contributed by atoms with E-state index in [1.807, 2.05) is 0 Å². The van der Waals surface area contributed by atoms with E-state index in [-0.39, 0.29) is 5.03 Å². The van der Waals surface area contributed by atoms with E-state index in [0.717, 1.165) is 0 Å². The van der Waals surface area contributed by atoms with Gasteiger partial charge in [0.1, 0.15) is 0 Å². The van der Waals surface area contributed by atoms with Crippen molar-refractivity contribution in [1.29, 1.82) is 0 Å². The predicted molar refractivity (Wildman–Crippen MR) is 35.6 cm³/mol. The van der Waals surface area contributed by atoms with E-state index in [1.165, 1.54) is 0 Å². The molecule has 60 valence electrons. The molecule has 1 aliphatic rings. The molecule has 0 aliphatic carbocycles. The molecule has 0 aromatic rings. The molecule has 1 aliphatic heterocycles. The molecule has 0 bridgehead atoms. The highest BCUT2D eigenvalue weighted by Gasteiger charge is 2.40. The fourth-order valence-electron chi connectivity index (χ4n) is 0.546. The van der Waals surface area contributed by atoms with Crippen molar-refractivity contribution in [2.45, 2.75) is 6.23 Å². The minimum Gasteiger partial charge on any atom is -0.389 e. The van der Waals surface area contributed by atoms with Crippen LogP contribution in [0.5, 0.6) is 0 Å². The van der Waals surface area contributed by atoms with Crippen molar-refractivity contribution in [3.8, 4) is 0 Å².